The van der Waals surface area contributed by atoms with E-state index >= 15 is 0 Å². The van der Waals surface area contributed by atoms with Crippen molar-refractivity contribution in [2.45, 2.75) is 32.0 Å². The van der Waals surface area contributed by atoms with Crippen molar-refractivity contribution < 1.29 is 14.2 Å². The van der Waals surface area contributed by atoms with Crippen LogP contribution in [0.4, 0.5) is 0 Å². The smallest absolute Gasteiger partial charge is 0.129 e. The van der Waals surface area contributed by atoms with Gasteiger partial charge in [0.2, 0.25) is 0 Å². The average Bonchev–Trinajstić information content (AvgIpc) is 2.48. The molecule has 1 aromatic carbocycles. The van der Waals surface area contributed by atoms with Gasteiger partial charge in [-0.3, -0.25) is 0 Å². The molecule has 4 nitrogen and oxygen atoms in total. The standard InChI is InChI=1S/C15H21NO3S/c1-17-14-6-5-11(8-13(14)15(16)20)9-18-10-12-4-2-3-7-19-12/h5-6,8,12H,2-4,7,9-10H2,1H3,(H2,16,20). The Labute approximate surface area is 125 Å². The zero-order chi connectivity index (χ0) is 14.4. The molecule has 20 heavy (non-hydrogen) atoms. The second kappa shape index (κ2) is 7.57. The summed E-state index contributed by atoms with van der Waals surface area (Å²) in [4.78, 5) is 0.333. The van der Waals surface area contributed by atoms with Crippen LogP contribution in [0, 0.1) is 0 Å². The van der Waals surface area contributed by atoms with E-state index in [1.165, 1.54) is 6.42 Å². The molecule has 1 atom stereocenters. The first-order valence-corrected chi connectivity index (χ1v) is 7.27. The van der Waals surface area contributed by atoms with E-state index < -0.39 is 0 Å². The predicted octanol–water partition coefficient (Wildman–Crippen LogP) is 2.42. The van der Waals surface area contributed by atoms with Crippen LogP contribution in [0.25, 0.3) is 0 Å². The van der Waals surface area contributed by atoms with Gasteiger partial charge in [0.05, 0.1) is 32.0 Å². The molecule has 1 aliphatic heterocycles. The number of rotatable bonds is 6. The van der Waals surface area contributed by atoms with Gasteiger partial charge in [0.15, 0.2) is 0 Å². The molecule has 1 saturated heterocycles. The first-order chi connectivity index (χ1) is 9.70. The molecule has 1 unspecified atom stereocenters. The van der Waals surface area contributed by atoms with Crippen LogP contribution in [0.15, 0.2) is 18.2 Å². The zero-order valence-corrected chi connectivity index (χ0v) is 12.6. The highest BCUT2D eigenvalue weighted by Crippen LogP contribution is 2.20. The molecule has 1 aliphatic rings. The lowest BCUT2D eigenvalue weighted by molar-refractivity contribution is -0.0447. The maximum atomic E-state index is 5.72. The third kappa shape index (κ3) is 4.16. The molecular weight excluding hydrogens is 274 g/mol. The summed E-state index contributed by atoms with van der Waals surface area (Å²) in [6.07, 6.45) is 3.70. The molecule has 0 saturated carbocycles. The number of ether oxygens (including phenoxy) is 3. The molecule has 0 aromatic heterocycles. The lowest BCUT2D eigenvalue weighted by Gasteiger charge is -2.22. The summed E-state index contributed by atoms with van der Waals surface area (Å²) in [6, 6.07) is 5.75. The van der Waals surface area contributed by atoms with Crippen molar-refractivity contribution in [3.8, 4) is 5.75 Å². The Morgan fingerprint density at radius 1 is 1.45 bits per heavy atom. The number of thiocarbonyl (C=S) groups is 1. The van der Waals surface area contributed by atoms with Crippen LogP contribution < -0.4 is 10.5 Å². The van der Waals surface area contributed by atoms with Crippen molar-refractivity contribution in [2.24, 2.45) is 5.73 Å². The second-order valence-electron chi connectivity index (χ2n) is 4.90. The Morgan fingerprint density at radius 3 is 2.95 bits per heavy atom. The van der Waals surface area contributed by atoms with Gasteiger partial charge < -0.3 is 19.9 Å². The first kappa shape index (κ1) is 15.2. The zero-order valence-electron chi connectivity index (χ0n) is 11.8. The largest absolute Gasteiger partial charge is 0.496 e. The summed E-state index contributed by atoms with van der Waals surface area (Å²) in [5.74, 6) is 0.692. The lowest BCUT2D eigenvalue weighted by atomic mass is 10.1. The van der Waals surface area contributed by atoms with Crippen LogP contribution in [0.5, 0.6) is 5.75 Å². The van der Waals surface area contributed by atoms with Crippen molar-refractivity contribution in [2.75, 3.05) is 20.3 Å². The van der Waals surface area contributed by atoms with Gasteiger partial charge in [-0.25, -0.2) is 0 Å². The SMILES string of the molecule is COc1ccc(COCC2CCCCO2)cc1C(N)=S. The normalized spacial score (nSPS) is 18.8. The minimum atomic E-state index is 0.233. The molecule has 0 aliphatic carbocycles. The number of benzene rings is 1. The van der Waals surface area contributed by atoms with E-state index in [4.69, 9.17) is 32.2 Å². The number of methoxy groups -OCH3 is 1. The fourth-order valence-corrected chi connectivity index (χ4v) is 2.44. The molecule has 5 heteroatoms. The van der Waals surface area contributed by atoms with Gasteiger partial charge in [0.25, 0.3) is 0 Å². The molecule has 2 rings (SSSR count). The summed E-state index contributed by atoms with van der Waals surface area (Å²) in [6.45, 7) is 2.01. The Balaban J connectivity index is 1.89. The minimum absolute atomic E-state index is 0.233. The Kier molecular flexibility index (Phi) is 5.76. The summed E-state index contributed by atoms with van der Waals surface area (Å²) >= 11 is 5.03. The van der Waals surface area contributed by atoms with Gasteiger partial charge in [-0.2, -0.15) is 0 Å². The summed E-state index contributed by atoms with van der Waals surface area (Å²) in [5, 5.41) is 0. The quantitative estimate of drug-likeness (QED) is 0.817. The highest BCUT2D eigenvalue weighted by atomic mass is 32.1. The third-order valence-electron chi connectivity index (χ3n) is 3.38. The summed E-state index contributed by atoms with van der Waals surface area (Å²) in [5.41, 5.74) is 7.47. The van der Waals surface area contributed by atoms with E-state index in [-0.39, 0.29) is 6.10 Å². The van der Waals surface area contributed by atoms with Crippen LogP contribution in [-0.4, -0.2) is 31.4 Å². The molecule has 1 fully saturated rings. The summed E-state index contributed by atoms with van der Waals surface area (Å²) in [7, 11) is 1.60. The molecule has 1 heterocycles. The van der Waals surface area contributed by atoms with Gasteiger partial charge in [-0.05, 0) is 37.0 Å². The van der Waals surface area contributed by atoms with Gasteiger partial charge in [-0.1, -0.05) is 18.3 Å². The fraction of sp³-hybridized carbons (Fsp3) is 0.533. The fourth-order valence-electron chi connectivity index (χ4n) is 2.28. The second-order valence-corrected chi connectivity index (χ2v) is 5.34. The average molecular weight is 295 g/mol. The van der Waals surface area contributed by atoms with Gasteiger partial charge in [0.1, 0.15) is 10.7 Å². The van der Waals surface area contributed by atoms with Crippen molar-refractivity contribution in [3.63, 3.8) is 0 Å². The van der Waals surface area contributed by atoms with Gasteiger partial charge in [-0.15, -0.1) is 0 Å². The molecule has 1 aromatic rings. The monoisotopic (exact) mass is 295 g/mol. The van der Waals surface area contributed by atoms with Crippen LogP contribution in [0.1, 0.15) is 30.4 Å². The minimum Gasteiger partial charge on any atom is -0.496 e. The molecule has 0 bridgehead atoms. The van der Waals surface area contributed by atoms with E-state index in [1.54, 1.807) is 7.11 Å². The van der Waals surface area contributed by atoms with E-state index in [0.717, 1.165) is 30.6 Å². The predicted molar refractivity (Wildman–Crippen MR) is 82.1 cm³/mol. The Morgan fingerprint density at radius 2 is 2.30 bits per heavy atom. The van der Waals surface area contributed by atoms with E-state index in [9.17, 15) is 0 Å². The van der Waals surface area contributed by atoms with E-state index in [0.29, 0.717) is 24.0 Å². The third-order valence-corrected chi connectivity index (χ3v) is 3.60. The number of hydrogen-bond acceptors (Lipinski definition) is 4. The Bertz CT molecular complexity index is 458. The highest BCUT2D eigenvalue weighted by molar-refractivity contribution is 7.80. The van der Waals surface area contributed by atoms with Crippen molar-refractivity contribution in [1.29, 1.82) is 0 Å². The van der Waals surface area contributed by atoms with Gasteiger partial charge >= 0.3 is 0 Å². The maximum absolute atomic E-state index is 5.72. The molecular formula is C15H21NO3S. The van der Waals surface area contributed by atoms with Crippen molar-refractivity contribution >= 4 is 17.2 Å². The molecule has 0 radical (unpaired) electrons. The molecule has 0 spiro atoms. The number of hydrogen-bond donors (Lipinski definition) is 1. The highest BCUT2D eigenvalue weighted by Gasteiger charge is 2.14. The number of nitrogens with two attached hydrogens (primary N) is 1. The summed E-state index contributed by atoms with van der Waals surface area (Å²) < 4.78 is 16.6. The molecule has 110 valence electrons. The lowest BCUT2D eigenvalue weighted by Crippen LogP contribution is -2.24. The van der Waals surface area contributed by atoms with Crippen LogP contribution in [0.2, 0.25) is 0 Å². The van der Waals surface area contributed by atoms with E-state index in [2.05, 4.69) is 0 Å². The van der Waals surface area contributed by atoms with Gasteiger partial charge in [0, 0.05) is 6.61 Å². The first-order valence-electron chi connectivity index (χ1n) is 6.86. The molecule has 2 N–H and O–H groups in total. The van der Waals surface area contributed by atoms with Crippen LogP contribution >= 0.6 is 12.2 Å². The van der Waals surface area contributed by atoms with Crippen LogP contribution in [0.3, 0.4) is 0 Å². The van der Waals surface area contributed by atoms with E-state index in [1.807, 2.05) is 18.2 Å². The van der Waals surface area contributed by atoms with Crippen molar-refractivity contribution in [1.82, 2.24) is 0 Å². The van der Waals surface area contributed by atoms with Crippen molar-refractivity contribution in [3.05, 3.63) is 29.3 Å². The topological polar surface area (TPSA) is 53.7 Å². The van der Waals surface area contributed by atoms with Crippen LogP contribution in [-0.2, 0) is 16.1 Å². The Hall–Kier alpha value is -1.17. The maximum Gasteiger partial charge on any atom is 0.129 e. The molecule has 0 amide bonds.